The van der Waals surface area contributed by atoms with E-state index in [1.54, 1.807) is 0 Å². The van der Waals surface area contributed by atoms with Crippen molar-refractivity contribution in [3.8, 4) is 0 Å². The van der Waals surface area contributed by atoms with Crippen LogP contribution in [0.4, 0.5) is 4.39 Å². The van der Waals surface area contributed by atoms with Crippen molar-refractivity contribution in [1.29, 1.82) is 0 Å². The van der Waals surface area contributed by atoms with Crippen molar-refractivity contribution >= 4 is 48.0 Å². The molecule has 23 heavy (non-hydrogen) atoms. The summed E-state index contributed by atoms with van der Waals surface area (Å²) in [4.78, 5) is 2.32. The Bertz CT molecular complexity index is 479. The second kappa shape index (κ2) is 11.0. The van der Waals surface area contributed by atoms with Gasteiger partial charge >= 0.3 is 0 Å². The van der Waals surface area contributed by atoms with Crippen LogP contribution in [0, 0.1) is 11.7 Å². The number of halogens is 5. The summed E-state index contributed by atoms with van der Waals surface area (Å²) in [6, 6.07) is 2.95. The molecule has 7 heteroatoms. The molecule has 2 rings (SSSR count). The van der Waals surface area contributed by atoms with Gasteiger partial charge in [-0.1, -0.05) is 37.0 Å². The summed E-state index contributed by atoms with van der Waals surface area (Å²) in [6.45, 7) is 8.04. The Morgan fingerprint density at radius 2 is 1.74 bits per heavy atom. The fraction of sp³-hybridized carbons (Fsp3) is 0.625. The first-order chi connectivity index (χ1) is 10.0. The van der Waals surface area contributed by atoms with Gasteiger partial charge in [-0.3, -0.25) is 4.90 Å². The summed E-state index contributed by atoms with van der Waals surface area (Å²) in [7, 11) is 0. The van der Waals surface area contributed by atoms with E-state index in [-0.39, 0.29) is 36.7 Å². The number of hydrogen-bond donors (Lipinski definition) is 1. The summed E-state index contributed by atoms with van der Waals surface area (Å²) in [6.07, 6.45) is 1.94. The van der Waals surface area contributed by atoms with Gasteiger partial charge in [-0.25, -0.2) is 4.39 Å². The van der Waals surface area contributed by atoms with Gasteiger partial charge in [0.25, 0.3) is 0 Å². The zero-order valence-corrected chi connectivity index (χ0v) is 16.6. The standard InChI is InChI=1S/C16H23Cl2FN2.2ClH/c1-11(2)3-6-14(21-9-7-20-8-10-21)15-13(19)5-4-12(17)16(15)18;;/h4-5,11,14,20H,3,6-10H2,1-2H3;2*1H/t14-;;/m0../s1. The Morgan fingerprint density at radius 3 is 2.30 bits per heavy atom. The summed E-state index contributed by atoms with van der Waals surface area (Å²) in [5, 5.41) is 4.13. The zero-order valence-electron chi connectivity index (χ0n) is 13.4. The smallest absolute Gasteiger partial charge is 0.129 e. The van der Waals surface area contributed by atoms with E-state index in [9.17, 15) is 4.39 Å². The van der Waals surface area contributed by atoms with Crippen LogP contribution in [0.1, 0.15) is 38.3 Å². The highest BCUT2D eigenvalue weighted by atomic mass is 35.5. The summed E-state index contributed by atoms with van der Waals surface area (Å²) in [5.41, 5.74) is 0.562. The third-order valence-corrected chi connectivity index (χ3v) is 4.84. The van der Waals surface area contributed by atoms with Crippen molar-refractivity contribution in [1.82, 2.24) is 10.2 Å². The molecule has 1 atom stereocenters. The van der Waals surface area contributed by atoms with Crippen molar-refractivity contribution in [2.45, 2.75) is 32.7 Å². The molecule has 1 aliphatic rings. The van der Waals surface area contributed by atoms with Gasteiger partial charge in [0.1, 0.15) is 5.82 Å². The lowest BCUT2D eigenvalue weighted by Gasteiger charge is -2.36. The van der Waals surface area contributed by atoms with Gasteiger partial charge in [0.05, 0.1) is 10.0 Å². The van der Waals surface area contributed by atoms with Crippen LogP contribution in [0.2, 0.25) is 10.0 Å². The number of nitrogens with one attached hydrogen (secondary N) is 1. The Kier molecular flexibility index (Phi) is 11.1. The van der Waals surface area contributed by atoms with Crippen molar-refractivity contribution < 1.29 is 4.39 Å². The zero-order chi connectivity index (χ0) is 15.4. The topological polar surface area (TPSA) is 15.3 Å². The first-order valence-corrected chi connectivity index (χ1v) is 8.34. The molecule has 1 saturated heterocycles. The third kappa shape index (κ3) is 6.22. The quantitative estimate of drug-likeness (QED) is 0.663. The molecule has 0 aliphatic carbocycles. The van der Waals surface area contributed by atoms with Gasteiger partial charge in [-0.05, 0) is 30.9 Å². The van der Waals surface area contributed by atoms with Crippen LogP contribution in [0.5, 0.6) is 0 Å². The van der Waals surface area contributed by atoms with Crippen molar-refractivity contribution in [2.75, 3.05) is 26.2 Å². The van der Waals surface area contributed by atoms with E-state index in [0.29, 0.717) is 21.5 Å². The van der Waals surface area contributed by atoms with Crippen molar-refractivity contribution in [3.63, 3.8) is 0 Å². The molecule has 0 radical (unpaired) electrons. The average molecular weight is 406 g/mol. The number of piperazine rings is 1. The van der Waals surface area contributed by atoms with Crippen LogP contribution >= 0.6 is 48.0 Å². The van der Waals surface area contributed by atoms with Crippen LogP contribution < -0.4 is 5.32 Å². The molecular formula is C16H25Cl4FN2. The summed E-state index contributed by atoms with van der Waals surface area (Å²) >= 11 is 12.4. The third-order valence-electron chi connectivity index (χ3n) is 4.02. The predicted molar refractivity (Wildman–Crippen MR) is 102 cm³/mol. The molecule has 1 heterocycles. The summed E-state index contributed by atoms with van der Waals surface area (Å²) < 4.78 is 14.4. The van der Waals surface area contributed by atoms with Crippen molar-refractivity contribution in [3.05, 3.63) is 33.6 Å². The second-order valence-electron chi connectivity index (χ2n) is 6.03. The molecule has 2 nitrogen and oxygen atoms in total. The minimum absolute atomic E-state index is 0. The van der Waals surface area contributed by atoms with E-state index >= 15 is 0 Å². The molecule has 0 unspecified atom stereocenters. The molecule has 0 spiro atoms. The van der Waals surface area contributed by atoms with E-state index in [2.05, 4.69) is 24.1 Å². The largest absolute Gasteiger partial charge is 0.314 e. The van der Waals surface area contributed by atoms with Crippen molar-refractivity contribution in [2.24, 2.45) is 5.92 Å². The minimum Gasteiger partial charge on any atom is -0.314 e. The average Bonchev–Trinajstić information content (AvgIpc) is 2.47. The van der Waals surface area contributed by atoms with Crippen LogP contribution in [-0.2, 0) is 0 Å². The monoisotopic (exact) mass is 404 g/mol. The molecule has 0 amide bonds. The number of rotatable bonds is 5. The first kappa shape index (κ1) is 23.2. The normalized spacial score (nSPS) is 16.6. The molecule has 134 valence electrons. The summed E-state index contributed by atoms with van der Waals surface area (Å²) in [5.74, 6) is 0.327. The van der Waals surface area contributed by atoms with Gasteiger partial charge in [0.15, 0.2) is 0 Å². The highest BCUT2D eigenvalue weighted by molar-refractivity contribution is 6.42. The van der Waals surface area contributed by atoms with Crippen LogP contribution in [0.25, 0.3) is 0 Å². The van der Waals surface area contributed by atoms with E-state index in [0.717, 1.165) is 39.0 Å². The van der Waals surface area contributed by atoms with Crippen LogP contribution in [0.15, 0.2) is 12.1 Å². The van der Waals surface area contributed by atoms with Gasteiger partial charge in [-0.15, -0.1) is 24.8 Å². The molecule has 1 aromatic rings. The van der Waals surface area contributed by atoms with Gasteiger partial charge in [0, 0.05) is 37.8 Å². The van der Waals surface area contributed by atoms with Crippen LogP contribution in [0.3, 0.4) is 0 Å². The molecule has 1 aromatic carbocycles. The number of benzene rings is 1. The lowest BCUT2D eigenvalue weighted by molar-refractivity contribution is 0.157. The lowest BCUT2D eigenvalue weighted by Crippen LogP contribution is -2.45. The predicted octanol–water partition coefficient (Wildman–Crippen LogP) is 5.36. The fourth-order valence-electron chi connectivity index (χ4n) is 2.84. The number of hydrogen-bond acceptors (Lipinski definition) is 2. The van der Waals surface area contributed by atoms with Gasteiger partial charge in [-0.2, -0.15) is 0 Å². The number of nitrogens with zero attached hydrogens (tertiary/aromatic N) is 1. The lowest BCUT2D eigenvalue weighted by atomic mass is 9.95. The minimum atomic E-state index is -0.253. The van der Waals surface area contributed by atoms with Crippen LogP contribution in [-0.4, -0.2) is 31.1 Å². The molecule has 0 saturated carbocycles. The molecule has 1 aliphatic heterocycles. The maximum absolute atomic E-state index is 14.4. The Hall–Kier alpha value is 0.230. The molecule has 0 bridgehead atoms. The van der Waals surface area contributed by atoms with Gasteiger partial charge < -0.3 is 5.32 Å². The molecule has 1 fully saturated rings. The van der Waals surface area contributed by atoms with Gasteiger partial charge in [0.2, 0.25) is 0 Å². The molecule has 1 N–H and O–H groups in total. The highest BCUT2D eigenvalue weighted by Crippen LogP contribution is 2.37. The second-order valence-corrected chi connectivity index (χ2v) is 6.81. The first-order valence-electron chi connectivity index (χ1n) is 7.59. The Balaban J connectivity index is 0.00000242. The Labute approximate surface area is 160 Å². The maximum Gasteiger partial charge on any atom is 0.129 e. The van der Waals surface area contributed by atoms with E-state index in [1.165, 1.54) is 12.1 Å². The van der Waals surface area contributed by atoms with E-state index < -0.39 is 0 Å². The SMILES string of the molecule is CC(C)CC[C@@H](c1c(F)ccc(Cl)c1Cl)N1CCNCC1.Cl.Cl. The Morgan fingerprint density at radius 1 is 1.13 bits per heavy atom. The maximum atomic E-state index is 14.4. The highest BCUT2D eigenvalue weighted by Gasteiger charge is 2.27. The fourth-order valence-corrected chi connectivity index (χ4v) is 3.29. The van der Waals surface area contributed by atoms with E-state index in [1.807, 2.05) is 0 Å². The molecular weight excluding hydrogens is 381 g/mol. The van der Waals surface area contributed by atoms with E-state index in [4.69, 9.17) is 23.2 Å². The molecule has 0 aromatic heterocycles.